The Kier molecular flexibility index (Phi) is 3.66. The van der Waals surface area contributed by atoms with E-state index in [1.165, 1.54) is 0 Å². The number of aliphatic hydroxyl groups excluding tert-OH is 1. The Labute approximate surface area is 135 Å². The normalized spacial score (nSPS) is 39.4. The number of ether oxygens (including phenoxy) is 1. The van der Waals surface area contributed by atoms with E-state index in [0.29, 0.717) is 6.42 Å². The molecule has 0 aliphatic carbocycles. The minimum atomic E-state index is -0.475. The molecule has 2 bridgehead atoms. The van der Waals surface area contributed by atoms with E-state index < -0.39 is 6.10 Å². The molecule has 126 valence electrons. The zero-order valence-electron chi connectivity index (χ0n) is 13.6. The van der Waals surface area contributed by atoms with Gasteiger partial charge in [-0.3, -0.25) is 9.69 Å². The molecule has 4 heterocycles. The van der Waals surface area contributed by atoms with Crippen LogP contribution < -0.4 is 5.32 Å². The summed E-state index contributed by atoms with van der Waals surface area (Å²) in [6, 6.07) is 0. The average molecular weight is 320 g/mol. The number of carbonyl (C=O) groups is 1. The third kappa shape index (κ3) is 2.38. The zero-order chi connectivity index (χ0) is 16.1. The molecule has 7 nitrogen and oxygen atoms in total. The van der Waals surface area contributed by atoms with E-state index in [1.54, 1.807) is 13.2 Å². The Bertz CT molecular complexity index is 604. The summed E-state index contributed by atoms with van der Waals surface area (Å²) in [6.07, 6.45) is 3.64. The molecule has 0 saturated carbocycles. The Hall–Kier alpha value is -1.44. The number of nitrogens with one attached hydrogen (secondary N) is 1. The van der Waals surface area contributed by atoms with Crippen molar-refractivity contribution >= 4 is 5.91 Å². The van der Waals surface area contributed by atoms with E-state index in [-0.39, 0.29) is 35.9 Å². The van der Waals surface area contributed by atoms with Crippen LogP contribution in [-0.2, 0) is 23.1 Å². The first-order valence-electron chi connectivity index (χ1n) is 8.32. The molecule has 0 aromatic carbocycles. The molecule has 3 fully saturated rings. The highest BCUT2D eigenvalue weighted by atomic mass is 16.5. The van der Waals surface area contributed by atoms with Gasteiger partial charge in [-0.1, -0.05) is 0 Å². The number of carbonyl (C=O) groups excluding carboxylic acids is 1. The number of hydrogen-bond donors (Lipinski definition) is 2. The largest absolute Gasteiger partial charge is 0.390 e. The number of hydrogen-bond acceptors (Lipinski definition) is 5. The number of imidazole rings is 1. The van der Waals surface area contributed by atoms with Gasteiger partial charge in [0.2, 0.25) is 5.91 Å². The van der Waals surface area contributed by atoms with Gasteiger partial charge in [0.1, 0.15) is 5.82 Å². The second kappa shape index (κ2) is 5.58. The second-order valence-electron chi connectivity index (χ2n) is 7.06. The minimum Gasteiger partial charge on any atom is -0.390 e. The monoisotopic (exact) mass is 320 g/mol. The number of amides is 1. The summed E-state index contributed by atoms with van der Waals surface area (Å²) in [5, 5.41) is 13.4. The van der Waals surface area contributed by atoms with Gasteiger partial charge >= 0.3 is 0 Å². The lowest BCUT2D eigenvalue weighted by Gasteiger charge is -2.36. The van der Waals surface area contributed by atoms with Gasteiger partial charge < -0.3 is 19.7 Å². The number of aryl methyl sites for hydroxylation is 1. The van der Waals surface area contributed by atoms with Crippen LogP contribution in [0.15, 0.2) is 12.4 Å². The molecular weight excluding hydrogens is 296 g/mol. The molecular formula is C16H24N4O3. The van der Waals surface area contributed by atoms with E-state index in [4.69, 9.17) is 4.74 Å². The van der Waals surface area contributed by atoms with Crippen LogP contribution >= 0.6 is 0 Å². The highest BCUT2D eigenvalue weighted by molar-refractivity contribution is 5.79. The first-order chi connectivity index (χ1) is 11.1. The summed E-state index contributed by atoms with van der Waals surface area (Å²) in [6.45, 7) is 2.46. The molecule has 2 N–H and O–H groups in total. The first kappa shape index (κ1) is 15.1. The van der Waals surface area contributed by atoms with Crippen molar-refractivity contribution in [2.75, 3.05) is 20.1 Å². The molecule has 0 spiro atoms. The van der Waals surface area contributed by atoms with Crippen molar-refractivity contribution in [1.82, 2.24) is 19.8 Å². The maximum atomic E-state index is 12.1. The number of aromatic nitrogens is 2. The second-order valence-corrected chi connectivity index (χ2v) is 7.06. The van der Waals surface area contributed by atoms with Crippen LogP contribution in [0, 0.1) is 17.8 Å². The van der Waals surface area contributed by atoms with E-state index in [2.05, 4.69) is 15.2 Å². The lowest BCUT2D eigenvalue weighted by molar-refractivity contribution is -0.140. The summed E-state index contributed by atoms with van der Waals surface area (Å²) in [4.78, 5) is 18.8. The van der Waals surface area contributed by atoms with Gasteiger partial charge in [0.15, 0.2) is 0 Å². The average Bonchev–Trinajstić information content (AvgIpc) is 3.23. The van der Waals surface area contributed by atoms with Crippen LogP contribution in [0.3, 0.4) is 0 Å². The van der Waals surface area contributed by atoms with Crippen molar-refractivity contribution in [1.29, 1.82) is 0 Å². The Morgan fingerprint density at radius 2 is 2.26 bits per heavy atom. The molecule has 6 atom stereocenters. The molecule has 23 heavy (non-hydrogen) atoms. The lowest BCUT2D eigenvalue weighted by Crippen LogP contribution is -2.47. The summed E-state index contributed by atoms with van der Waals surface area (Å²) >= 11 is 0. The molecule has 0 unspecified atom stereocenters. The third-order valence-electron chi connectivity index (χ3n) is 5.81. The van der Waals surface area contributed by atoms with Gasteiger partial charge in [0, 0.05) is 51.4 Å². The van der Waals surface area contributed by atoms with Crippen LogP contribution in [0.5, 0.6) is 0 Å². The molecule has 4 rings (SSSR count). The molecule has 7 heteroatoms. The summed E-state index contributed by atoms with van der Waals surface area (Å²) < 4.78 is 8.03. The van der Waals surface area contributed by atoms with Crippen LogP contribution in [0.4, 0.5) is 0 Å². The van der Waals surface area contributed by atoms with Gasteiger partial charge in [-0.05, 0) is 6.42 Å². The van der Waals surface area contributed by atoms with Crippen LogP contribution in [0.25, 0.3) is 0 Å². The molecule has 0 radical (unpaired) electrons. The fourth-order valence-electron chi connectivity index (χ4n) is 4.60. The smallest absolute Gasteiger partial charge is 0.225 e. The molecule has 3 aliphatic rings. The standard InChI is InChI=1S/C16H24N4O3/c1-17-16(22)9-5-12-14(21)10-6-20(7-11(10)15(9)23-12)8-13-18-3-4-19(13)2/h3-4,9-12,14-15,21H,5-8H2,1-2H3,(H,17,22)/t9-,10+,11-,12-,14-,15+/m0/s1. The van der Waals surface area contributed by atoms with Crippen molar-refractivity contribution in [3.05, 3.63) is 18.2 Å². The van der Waals surface area contributed by atoms with Gasteiger partial charge in [-0.15, -0.1) is 0 Å². The highest BCUT2D eigenvalue weighted by Gasteiger charge is 2.57. The molecule has 1 aromatic rings. The molecule has 3 aliphatic heterocycles. The Morgan fingerprint density at radius 1 is 1.48 bits per heavy atom. The molecule has 1 amide bonds. The summed E-state index contributed by atoms with van der Waals surface area (Å²) in [5.74, 6) is 1.32. The van der Waals surface area contributed by atoms with Crippen molar-refractivity contribution in [3.8, 4) is 0 Å². The number of nitrogens with zero attached hydrogens (tertiary/aromatic N) is 3. The summed E-state index contributed by atoms with van der Waals surface area (Å²) in [5.41, 5.74) is 0. The summed E-state index contributed by atoms with van der Waals surface area (Å²) in [7, 11) is 3.66. The quantitative estimate of drug-likeness (QED) is 0.775. The predicted octanol–water partition coefficient (Wildman–Crippen LogP) is -0.638. The van der Waals surface area contributed by atoms with Crippen molar-refractivity contribution in [2.45, 2.75) is 31.3 Å². The van der Waals surface area contributed by atoms with Gasteiger partial charge in [-0.25, -0.2) is 4.98 Å². The van der Waals surface area contributed by atoms with Gasteiger partial charge in [0.05, 0.1) is 30.8 Å². The minimum absolute atomic E-state index is 0.0351. The van der Waals surface area contributed by atoms with Crippen LogP contribution in [0.2, 0.25) is 0 Å². The fourth-order valence-corrected chi connectivity index (χ4v) is 4.60. The fraction of sp³-hybridized carbons (Fsp3) is 0.750. The maximum Gasteiger partial charge on any atom is 0.225 e. The van der Waals surface area contributed by atoms with E-state index in [9.17, 15) is 9.90 Å². The number of rotatable bonds is 3. The number of fused-ring (bicyclic) bond motifs is 4. The first-order valence-corrected chi connectivity index (χ1v) is 8.32. The van der Waals surface area contributed by atoms with E-state index >= 15 is 0 Å². The number of aliphatic hydroxyl groups is 1. The molecule has 3 saturated heterocycles. The van der Waals surface area contributed by atoms with E-state index in [1.807, 2.05) is 17.8 Å². The SMILES string of the molecule is CNC(=O)[C@H]1C[C@@H]2O[C@H]1[C@H]1CN(Cc3nccn3C)C[C@H]1[C@@H]2O. The van der Waals surface area contributed by atoms with Gasteiger partial charge in [-0.2, -0.15) is 0 Å². The zero-order valence-corrected chi connectivity index (χ0v) is 13.6. The van der Waals surface area contributed by atoms with Crippen LogP contribution in [-0.4, -0.2) is 63.9 Å². The lowest BCUT2D eigenvalue weighted by atomic mass is 9.83. The topological polar surface area (TPSA) is 79.6 Å². The van der Waals surface area contributed by atoms with Crippen LogP contribution in [0.1, 0.15) is 12.2 Å². The highest BCUT2D eigenvalue weighted by Crippen LogP contribution is 2.47. The Balaban J connectivity index is 1.52. The van der Waals surface area contributed by atoms with Crippen molar-refractivity contribution < 1.29 is 14.6 Å². The van der Waals surface area contributed by atoms with E-state index in [0.717, 1.165) is 25.5 Å². The van der Waals surface area contributed by atoms with Crippen molar-refractivity contribution in [2.24, 2.45) is 24.8 Å². The third-order valence-corrected chi connectivity index (χ3v) is 5.81. The molecule has 1 aromatic heterocycles. The van der Waals surface area contributed by atoms with Gasteiger partial charge in [0.25, 0.3) is 0 Å². The Morgan fingerprint density at radius 3 is 2.96 bits per heavy atom. The number of likely N-dealkylation sites (tertiary alicyclic amines) is 1. The van der Waals surface area contributed by atoms with Crippen molar-refractivity contribution in [3.63, 3.8) is 0 Å². The predicted molar refractivity (Wildman–Crippen MR) is 82.3 cm³/mol. The maximum absolute atomic E-state index is 12.1.